The number of ether oxygens (including phenoxy) is 1. The van der Waals surface area contributed by atoms with Crippen LogP contribution in [0.25, 0.3) is 17.0 Å². The van der Waals surface area contributed by atoms with E-state index in [0.29, 0.717) is 40.8 Å². The highest BCUT2D eigenvalue weighted by Gasteiger charge is 2.25. The van der Waals surface area contributed by atoms with Crippen molar-refractivity contribution in [2.75, 3.05) is 11.8 Å². The summed E-state index contributed by atoms with van der Waals surface area (Å²) in [4.78, 5) is 8.89. The Kier molecular flexibility index (Phi) is 4.94. The van der Waals surface area contributed by atoms with Crippen molar-refractivity contribution in [2.24, 2.45) is 0 Å². The molecule has 1 aromatic carbocycles. The molecule has 4 aromatic rings. The highest BCUT2D eigenvalue weighted by Crippen LogP contribution is 2.33. The largest absolute Gasteiger partial charge is 0.495 e. The average molecular weight is 427 g/mol. The molecule has 3 heterocycles. The summed E-state index contributed by atoms with van der Waals surface area (Å²) in [5.41, 5.74) is 2.76. The third-order valence-corrected chi connectivity index (χ3v) is 6.48. The van der Waals surface area contributed by atoms with Crippen LogP contribution in [-0.4, -0.2) is 39.7 Å². The summed E-state index contributed by atoms with van der Waals surface area (Å²) < 4.78 is 37.9. The Morgan fingerprint density at radius 1 is 1.23 bits per heavy atom. The van der Waals surface area contributed by atoms with Gasteiger partial charge in [0, 0.05) is 30.7 Å². The van der Waals surface area contributed by atoms with Crippen LogP contribution in [0.15, 0.2) is 47.8 Å². The van der Waals surface area contributed by atoms with Crippen LogP contribution in [0, 0.1) is 13.8 Å². The summed E-state index contributed by atoms with van der Waals surface area (Å²) in [5, 5.41) is 4.32. The van der Waals surface area contributed by atoms with Gasteiger partial charge in [0.15, 0.2) is 0 Å². The van der Waals surface area contributed by atoms with Gasteiger partial charge in [-0.1, -0.05) is 0 Å². The van der Waals surface area contributed by atoms with Crippen LogP contribution in [0.2, 0.25) is 0 Å². The second-order valence-corrected chi connectivity index (χ2v) is 8.41. The molecule has 0 bridgehead atoms. The molecule has 0 saturated heterocycles. The van der Waals surface area contributed by atoms with Crippen molar-refractivity contribution < 1.29 is 13.2 Å². The van der Waals surface area contributed by atoms with E-state index in [0.717, 1.165) is 5.56 Å². The van der Waals surface area contributed by atoms with Crippen molar-refractivity contribution in [3.63, 3.8) is 0 Å². The molecule has 0 amide bonds. The van der Waals surface area contributed by atoms with Gasteiger partial charge in [0.2, 0.25) is 5.78 Å². The lowest BCUT2D eigenvalue weighted by Gasteiger charge is -2.13. The number of hydrogen-bond acceptors (Lipinski definition) is 6. The number of fused-ring (bicyclic) bond motifs is 1. The van der Waals surface area contributed by atoms with E-state index in [1.807, 2.05) is 31.5 Å². The van der Waals surface area contributed by atoms with E-state index in [4.69, 9.17) is 4.74 Å². The number of nitrogens with zero attached hydrogens (tertiary/aromatic N) is 5. The summed E-state index contributed by atoms with van der Waals surface area (Å²) in [6, 6.07) is 7.05. The molecule has 156 valence electrons. The van der Waals surface area contributed by atoms with Gasteiger partial charge in [-0.15, -0.1) is 0 Å². The van der Waals surface area contributed by atoms with E-state index in [1.165, 1.54) is 7.11 Å². The van der Waals surface area contributed by atoms with Crippen molar-refractivity contribution in [3.05, 3.63) is 54.2 Å². The molecule has 0 aliphatic heterocycles. The van der Waals surface area contributed by atoms with Gasteiger partial charge in [0.25, 0.3) is 10.0 Å². The second-order valence-electron chi connectivity index (χ2n) is 6.79. The van der Waals surface area contributed by atoms with E-state index in [1.54, 1.807) is 41.3 Å². The fourth-order valence-electron chi connectivity index (χ4n) is 3.49. The smallest absolute Gasteiger partial charge is 0.265 e. The zero-order valence-corrected chi connectivity index (χ0v) is 17.9. The van der Waals surface area contributed by atoms with Crippen molar-refractivity contribution in [1.82, 2.24) is 24.1 Å². The van der Waals surface area contributed by atoms with Crippen LogP contribution in [0.4, 0.5) is 5.69 Å². The van der Waals surface area contributed by atoms with Crippen LogP contribution in [0.3, 0.4) is 0 Å². The summed E-state index contributed by atoms with van der Waals surface area (Å²) in [7, 11) is -2.38. The summed E-state index contributed by atoms with van der Waals surface area (Å²) >= 11 is 0. The molecule has 0 spiro atoms. The maximum Gasteiger partial charge on any atom is 0.265 e. The molecule has 9 nitrogen and oxygen atoms in total. The fourth-order valence-corrected chi connectivity index (χ4v) is 4.96. The Balaban J connectivity index is 1.77. The highest BCUT2D eigenvalue weighted by molar-refractivity contribution is 7.92. The first-order valence-corrected chi connectivity index (χ1v) is 10.9. The van der Waals surface area contributed by atoms with Gasteiger partial charge in [-0.3, -0.25) is 13.8 Å². The topological polar surface area (TPSA) is 103 Å². The summed E-state index contributed by atoms with van der Waals surface area (Å²) in [5.74, 6) is 0.964. The van der Waals surface area contributed by atoms with Crippen LogP contribution >= 0.6 is 0 Å². The van der Waals surface area contributed by atoms with Crippen molar-refractivity contribution in [2.45, 2.75) is 32.2 Å². The number of methoxy groups -OCH3 is 1. The third kappa shape index (κ3) is 3.39. The first-order valence-electron chi connectivity index (χ1n) is 9.39. The minimum atomic E-state index is -3.87. The Hall–Kier alpha value is -3.40. The van der Waals surface area contributed by atoms with Gasteiger partial charge in [-0.2, -0.15) is 5.10 Å². The predicted molar refractivity (Wildman–Crippen MR) is 113 cm³/mol. The van der Waals surface area contributed by atoms with Gasteiger partial charge >= 0.3 is 0 Å². The Labute approximate surface area is 174 Å². The Morgan fingerprint density at radius 3 is 2.70 bits per heavy atom. The number of rotatable bonds is 6. The fraction of sp³-hybridized carbons (Fsp3) is 0.250. The lowest BCUT2D eigenvalue weighted by atomic mass is 10.1. The molecule has 0 saturated carbocycles. The first-order chi connectivity index (χ1) is 14.3. The minimum Gasteiger partial charge on any atom is -0.495 e. The molecule has 10 heteroatoms. The SMILES string of the molecule is CCn1nc(C)c(S(=O)(=O)Nc2cc(-c3cn4cccnc4n3)ccc2OC)c1C. The van der Waals surface area contributed by atoms with E-state index < -0.39 is 10.0 Å². The molecular formula is C20H22N6O3S. The average Bonchev–Trinajstić information content (AvgIpc) is 3.28. The van der Waals surface area contributed by atoms with E-state index in [-0.39, 0.29) is 4.90 Å². The van der Waals surface area contributed by atoms with Crippen molar-refractivity contribution >= 4 is 21.5 Å². The first kappa shape index (κ1) is 19.9. The summed E-state index contributed by atoms with van der Waals surface area (Å²) in [6.07, 6.45) is 5.35. The van der Waals surface area contributed by atoms with Crippen LogP contribution in [0.5, 0.6) is 5.75 Å². The van der Waals surface area contributed by atoms with Crippen LogP contribution in [-0.2, 0) is 16.6 Å². The van der Waals surface area contributed by atoms with Gasteiger partial charge in [-0.05, 0) is 45.0 Å². The monoisotopic (exact) mass is 426 g/mol. The maximum atomic E-state index is 13.2. The molecule has 1 N–H and O–H groups in total. The number of imidazole rings is 1. The number of aryl methyl sites for hydroxylation is 2. The van der Waals surface area contributed by atoms with Gasteiger partial charge in [0.1, 0.15) is 10.6 Å². The number of nitrogens with one attached hydrogen (secondary N) is 1. The molecule has 3 aromatic heterocycles. The standard InChI is InChI=1S/C20H22N6O3S/c1-5-26-14(3)19(13(2)23-26)30(27,28)24-16-11-15(7-8-18(16)29-4)17-12-25-10-6-9-21-20(25)22-17/h6-12,24H,5H2,1-4H3. The number of hydrogen-bond donors (Lipinski definition) is 1. The lowest BCUT2D eigenvalue weighted by Crippen LogP contribution is -2.15. The van der Waals surface area contributed by atoms with Gasteiger partial charge < -0.3 is 4.74 Å². The Morgan fingerprint density at radius 2 is 2.03 bits per heavy atom. The lowest BCUT2D eigenvalue weighted by molar-refractivity contribution is 0.417. The van der Waals surface area contributed by atoms with E-state index in [9.17, 15) is 8.42 Å². The molecule has 0 atom stereocenters. The zero-order valence-electron chi connectivity index (χ0n) is 17.1. The highest BCUT2D eigenvalue weighted by atomic mass is 32.2. The molecule has 30 heavy (non-hydrogen) atoms. The number of aromatic nitrogens is 5. The molecular weight excluding hydrogens is 404 g/mol. The van der Waals surface area contributed by atoms with Crippen LogP contribution in [0.1, 0.15) is 18.3 Å². The van der Waals surface area contributed by atoms with E-state index in [2.05, 4.69) is 19.8 Å². The Bertz CT molecular complexity index is 1310. The van der Waals surface area contributed by atoms with Crippen LogP contribution < -0.4 is 9.46 Å². The maximum absolute atomic E-state index is 13.2. The molecule has 0 fully saturated rings. The second kappa shape index (κ2) is 7.45. The van der Waals surface area contributed by atoms with E-state index >= 15 is 0 Å². The van der Waals surface area contributed by atoms with Gasteiger partial charge in [0.05, 0.1) is 29.9 Å². The molecule has 0 radical (unpaired) electrons. The van der Waals surface area contributed by atoms with Gasteiger partial charge in [-0.25, -0.2) is 18.4 Å². The zero-order chi connectivity index (χ0) is 21.5. The van der Waals surface area contributed by atoms with Crippen molar-refractivity contribution in [3.8, 4) is 17.0 Å². The minimum absolute atomic E-state index is 0.175. The molecule has 0 unspecified atom stereocenters. The normalized spacial score (nSPS) is 11.7. The number of sulfonamides is 1. The summed E-state index contributed by atoms with van der Waals surface area (Å²) in [6.45, 7) is 5.93. The molecule has 0 aliphatic rings. The molecule has 4 rings (SSSR count). The third-order valence-electron chi connectivity index (χ3n) is 4.86. The van der Waals surface area contributed by atoms with Crippen molar-refractivity contribution in [1.29, 1.82) is 0 Å². The quantitative estimate of drug-likeness (QED) is 0.508. The number of benzene rings is 1. The molecule has 0 aliphatic carbocycles. The number of anilines is 1. The predicted octanol–water partition coefficient (Wildman–Crippen LogP) is 3.04.